The monoisotopic (exact) mass is 430 g/mol. The minimum Gasteiger partial charge on any atom is -0.487 e. The van der Waals surface area contributed by atoms with Gasteiger partial charge < -0.3 is 14.4 Å². The number of ether oxygens (including phenoxy) is 2. The zero-order chi connectivity index (χ0) is 22.5. The van der Waals surface area contributed by atoms with Crippen LogP contribution in [0.15, 0.2) is 48.7 Å². The molecule has 0 N–H and O–H groups in total. The van der Waals surface area contributed by atoms with E-state index in [0.717, 1.165) is 36.1 Å². The van der Waals surface area contributed by atoms with Gasteiger partial charge in [-0.15, -0.1) is 0 Å². The number of aromatic nitrogens is 1. The molecule has 0 atom stereocenters. The van der Waals surface area contributed by atoms with Gasteiger partial charge in [0.05, 0.1) is 5.52 Å². The van der Waals surface area contributed by atoms with Crippen LogP contribution in [0, 0.1) is 6.92 Å². The first-order chi connectivity index (χ1) is 15.2. The molecular formula is C27H30N2O3. The van der Waals surface area contributed by atoms with Gasteiger partial charge >= 0.3 is 6.09 Å². The number of benzene rings is 2. The van der Waals surface area contributed by atoms with Gasteiger partial charge in [0.15, 0.2) is 0 Å². The summed E-state index contributed by atoms with van der Waals surface area (Å²) in [6.45, 7) is 9.18. The summed E-state index contributed by atoms with van der Waals surface area (Å²) < 4.78 is 12.0. The standard InChI is InChI=1S/C27H30N2O3/c1-18-21-7-5-6-8-23(21)28-17-22(18)19-9-10-24-20(15-19)16-27(31-24)11-13-29(14-12-27)25(30)32-26(2,3)4/h5-10,15,17H,11-14,16H2,1-4H3. The molecular weight excluding hydrogens is 400 g/mol. The van der Waals surface area contributed by atoms with Crippen molar-refractivity contribution >= 4 is 17.0 Å². The number of para-hydroxylation sites is 1. The molecule has 0 aliphatic carbocycles. The van der Waals surface area contributed by atoms with Gasteiger partial charge in [0, 0.05) is 49.5 Å². The molecule has 0 radical (unpaired) electrons. The molecule has 0 bridgehead atoms. The molecule has 5 nitrogen and oxygen atoms in total. The van der Waals surface area contributed by atoms with Crippen molar-refractivity contribution in [3.63, 3.8) is 0 Å². The van der Waals surface area contributed by atoms with Crippen molar-refractivity contribution in [2.45, 2.75) is 58.2 Å². The summed E-state index contributed by atoms with van der Waals surface area (Å²) in [7, 11) is 0. The van der Waals surface area contributed by atoms with Crippen LogP contribution in [0.2, 0.25) is 0 Å². The van der Waals surface area contributed by atoms with E-state index in [1.807, 2.05) is 33.0 Å². The number of carbonyl (C=O) groups excluding carboxylic acids is 1. The molecule has 1 spiro atoms. The number of likely N-dealkylation sites (tertiary alicyclic amines) is 1. The Morgan fingerprint density at radius 2 is 1.88 bits per heavy atom. The van der Waals surface area contributed by atoms with Crippen LogP contribution in [0.1, 0.15) is 44.7 Å². The maximum Gasteiger partial charge on any atom is 0.410 e. The molecule has 5 heteroatoms. The second kappa shape index (κ2) is 7.51. The number of pyridine rings is 1. The minimum atomic E-state index is -0.474. The first kappa shape index (κ1) is 20.8. The summed E-state index contributed by atoms with van der Waals surface area (Å²) in [4.78, 5) is 18.9. The number of hydrogen-bond donors (Lipinski definition) is 0. The van der Waals surface area contributed by atoms with E-state index in [4.69, 9.17) is 9.47 Å². The van der Waals surface area contributed by atoms with Crippen molar-refractivity contribution < 1.29 is 14.3 Å². The second-order valence-electron chi connectivity index (χ2n) is 10.1. The Kier molecular flexibility index (Phi) is 4.88. The topological polar surface area (TPSA) is 51.7 Å². The van der Waals surface area contributed by atoms with E-state index in [1.165, 1.54) is 22.1 Å². The van der Waals surface area contributed by atoms with Crippen LogP contribution in [0.4, 0.5) is 4.79 Å². The molecule has 2 aliphatic rings. The Balaban J connectivity index is 1.34. The average molecular weight is 431 g/mol. The SMILES string of the molecule is Cc1c(-c2ccc3c(c2)CC2(CCN(C(=O)OC(C)(C)C)CC2)O3)cnc2ccccc12. The minimum absolute atomic E-state index is 0.226. The molecule has 1 amide bonds. The van der Waals surface area contributed by atoms with Gasteiger partial charge in [-0.05, 0) is 62.6 Å². The Hall–Kier alpha value is -3.08. The van der Waals surface area contributed by atoms with Crippen molar-refractivity contribution in [1.29, 1.82) is 0 Å². The third-order valence-corrected chi connectivity index (χ3v) is 6.58. The lowest BCUT2D eigenvalue weighted by molar-refractivity contribution is -0.00887. The van der Waals surface area contributed by atoms with Gasteiger partial charge in [0.1, 0.15) is 17.0 Å². The summed E-state index contributed by atoms with van der Waals surface area (Å²) in [6.07, 6.45) is 4.24. The zero-order valence-electron chi connectivity index (χ0n) is 19.3. The van der Waals surface area contributed by atoms with E-state index >= 15 is 0 Å². The zero-order valence-corrected chi connectivity index (χ0v) is 19.3. The fraction of sp³-hybridized carbons (Fsp3) is 0.407. The van der Waals surface area contributed by atoms with Gasteiger partial charge in [0.25, 0.3) is 0 Å². The molecule has 32 heavy (non-hydrogen) atoms. The quantitative estimate of drug-likeness (QED) is 0.481. The molecule has 3 aromatic rings. The fourth-order valence-electron chi connectivity index (χ4n) is 4.87. The highest BCUT2D eigenvalue weighted by molar-refractivity contribution is 5.88. The van der Waals surface area contributed by atoms with Crippen molar-refractivity contribution in [3.8, 4) is 16.9 Å². The van der Waals surface area contributed by atoms with Crippen molar-refractivity contribution in [2.75, 3.05) is 13.1 Å². The van der Waals surface area contributed by atoms with Gasteiger partial charge in [-0.2, -0.15) is 0 Å². The second-order valence-corrected chi connectivity index (χ2v) is 10.1. The number of amides is 1. The third-order valence-electron chi connectivity index (χ3n) is 6.58. The van der Waals surface area contributed by atoms with Crippen LogP contribution in [0.5, 0.6) is 5.75 Å². The first-order valence-electron chi connectivity index (χ1n) is 11.4. The molecule has 1 saturated heterocycles. The lowest BCUT2D eigenvalue weighted by Crippen LogP contribution is -2.50. The molecule has 3 heterocycles. The van der Waals surface area contributed by atoms with E-state index in [2.05, 4.69) is 48.3 Å². The van der Waals surface area contributed by atoms with Crippen molar-refractivity contribution in [1.82, 2.24) is 9.88 Å². The molecule has 2 aromatic carbocycles. The van der Waals surface area contributed by atoms with E-state index in [0.29, 0.717) is 13.1 Å². The van der Waals surface area contributed by atoms with Crippen molar-refractivity contribution in [2.24, 2.45) is 0 Å². The van der Waals surface area contributed by atoms with Gasteiger partial charge in [-0.25, -0.2) is 4.79 Å². The van der Waals surface area contributed by atoms with Crippen LogP contribution >= 0.6 is 0 Å². The Morgan fingerprint density at radius 1 is 1.12 bits per heavy atom. The lowest BCUT2D eigenvalue weighted by atomic mass is 9.86. The van der Waals surface area contributed by atoms with Crippen LogP contribution in [-0.4, -0.2) is 40.3 Å². The number of hydrogen-bond acceptors (Lipinski definition) is 4. The van der Waals surface area contributed by atoms with Crippen molar-refractivity contribution in [3.05, 3.63) is 59.8 Å². The van der Waals surface area contributed by atoms with Crippen LogP contribution in [-0.2, 0) is 11.2 Å². The largest absolute Gasteiger partial charge is 0.487 e. The molecule has 166 valence electrons. The van der Waals surface area contributed by atoms with E-state index in [9.17, 15) is 4.79 Å². The fourth-order valence-corrected chi connectivity index (χ4v) is 4.87. The highest BCUT2D eigenvalue weighted by Gasteiger charge is 2.43. The molecule has 1 fully saturated rings. The van der Waals surface area contributed by atoms with Gasteiger partial charge in [0.2, 0.25) is 0 Å². The molecule has 1 aromatic heterocycles. The first-order valence-corrected chi connectivity index (χ1v) is 11.4. The van der Waals surface area contributed by atoms with E-state index < -0.39 is 5.60 Å². The maximum absolute atomic E-state index is 12.4. The average Bonchev–Trinajstić information content (AvgIpc) is 3.10. The summed E-state index contributed by atoms with van der Waals surface area (Å²) in [5.74, 6) is 0.964. The third kappa shape index (κ3) is 3.81. The van der Waals surface area contributed by atoms with Crippen LogP contribution < -0.4 is 4.74 Å². The molecule has 0 unspecified atom stereocenters. The number of carbonyl (C=O) groups is 1. The maximum atomic E-state index is 12.4. The molecule has 2 aliphatic heterocycles. The van der Waals surface area contributed by atoms with Crippen LogP contribution in [0.25, 0.3) is 22.0 Å². The van der Waals surface area contributed by atoms with Crippen LogP contribution in [0.3, 0.4) is 0 Å². The number of aryl methyl sites for hydroxylation is 1. The number of nitrogens with zero attached hydrogens (tertiary/aromatic N) is 2. The van der Waals surface area contributed by atoms with Gasteiger partial charge in [-0.1, -0.05) is 24.3 Å². The Morgan fingerprint density at radius 3 is 2.62 bits per heavy atom. The predicted molar refractivity (Wildman–Crippen MR) is 126 cm³/mol. The number of rotatable bonds is 1. The summed E-state index contributed by atoms with van der Waals surface area (Å²) in [5.41, 5.74) is 5.14. The summed E-state index contributed by atoms with van der Waals surface area (Å²) in [6, 6.07) is 14.7. The summed E-state index contributed by atoms with van der Waals surface area (Å²) in [5, 5.41) is 1.19. The normalized spacial score (nSPS) is 17.3. The highest BCUT2D eigenvalue weighted by Crippen LogP contribution is 2.43. The lowest BCUT2D eigenvalue weighted by Gasteiger charge is -2.39. The predicted octanol–water partition coefficient (Wildman–Crippen LogP) is 5.91. The highest BCUT2D eigenvalue weighted by atomic mass is 16.6. The molecule has 5 rings (SSSR count). The van der Waals surface area contributed by atoms with Gasteiger partial charge in [-0.3, -0.25) is 4.98 Å². The smallest absolute Gasteiger partial charge is 0.410 e. The Labute approximate surface area is 189 Å². The number of piperidine rings is 1. The Bertz CT molecular complexity index is 1190. The summed E-state index contributed by atoms with van der Waals surface area (Å²) >= 11 is 0. The van der Waals surface area contributed by atoms with E-state index in [1.54, 1.807) is 4.90 Å². The number of fused-ring (bicyclic) bond motifs is 2. The molecule has 0 saturated carbocycles. The van der Waals surface area contributed by atoms with E-state index in [-0.39, 0.29) is 11.7 Å².